The molecule has 27 heavy (non-hydrogen) atoms. The third-order valence-electron chi connectivity index (χ3n) is 6.16. The second kappa shape index (κ2) is 8.96. The number of rotatable bonds is 9. The van der Waals surface area contributed by atoms with Crippen LogP contribution in [0.4, 0.5) is 0 Å². The summed E-state index contributed by atoms with van der Waals surface area (Å²) >= 11 is 0. The van der Waals surface area contributed by atoms with Gasteiger partial charge in [0, 0.05) is 5.92 Å². The zero-order valence-electron chi connectivity index (χ0n) is 17.0. The van der Waals surface area contributed by atoms with Crippen LogP contribution in [0.25, 0.3) is 0 Å². The predicted octanol–water partition coefficient (Wildman–Crippen LogP) is 3.83. The summed E-state index contributed by atoms with van der Waals surface area (Å²) in [6, 6.07) is 5.91. The fraction of sp³-hybridized carbons (Fsp3) is 0.682. The van der Waals surface area contributed by atoms with Gasteiger partial charge >= 0.3 is 0 Å². The van der Waals surface area contributed by atoms with Gasteiger partial charge < -0.3 is 20.1 Å². The van der Waals surface area contributed by atoms with E-state index in [9.17, 15) is 4.79 Å². The Morgan fingerprint density at radius 3 is 2.78 bits per heavy atom. The van der Waals surface area contributed by atoms with Crippen molar-refractivity contribution in [3.05, 3.63) is 23.8 Å². The van der Waals surface area contributed by atoms with Gasteiger partial charge in [-0.3, -0.25) is 4.79 Å². The third kappa shape index (κ3) is 4.75. The van der Waals surface area contributed by atoms with Crippen LogP contribution in [0.5, 0.6) is 11.5 Å². The maximum atomic E-state index is 12.7. The van der Waals surface area contributed by atoms with Gasteiger partial charge in [-0.25, -0.2) is 0 Å². The molecule has 3 rings (SSSR count). The van der Waals surface area contributed by atoms with E-state index in [4.69, 9.17) is 9.47 Å². The highest BCUT2D eigenvalue weighted by Crippen LogP contribution is 2.58. The lowest BCUT2D eigenvalue weighted by Gasteiger charge is -2.24. The molecule has 2 N–H and O–H groups in total. The summed E-state index contributed by atoms with van der Waals surface area (Å²) < 4.78 is 11.4. The molecule has 150 valence electrons. The molecule has 1 aliphatic heterocycles. The monoisotopic (exact) mass is 374 g/mol. The quantitative estimate of drug-likeness (QED) is 0.645. The SMILES string of the molecule is CCCCCOc1ccc(C(C)NC(=O)C2CC23CCNCC3)cc1OC. The molecule has 0 bridgehead atoms. The van der Waals surface area contributed by atoms with Gasteiger partial charge in [0.15, 0.2) is 11.5 Å². The van der Waals surface area contributed by atoms with Crippen LogP contribution in [-0.4, -0.2) is 32.7 Å². The van der Waals surface area contributed by atoms with Crippen molar-refractivity contribution in [2.45, 2.75) is 58.4 Å². The smallest absolute Gasteiger partial charge is 0.224 e. The molecule has 2 fully saturated rings. The highest BCUT2D eigenvalue weighted by Gasteiger charge is 2.57. The molecule has 1 amide bonds. The molecular weight excluding hydrogens is 340 g/mol. The Bertz CT molecular complexity index is 640. The van der Waals surface area contributed by atoms with Crippen LogP contribution in [-0.2, 0) is 4.79 Å². The minimum absolute atomic E-state index is 0.0418. The number of unbranched alkanes of at least 4 members (excludes halogenated alkanes) is 2. The van der Waals surface area contributed by atoms with E-state index >= 15 is 0 Å². The summed E-state index contributed by atoms with van der Waals surface area (Å²) in [6.45, 7) is 6.99. The van der Waals surface area contributed by atoms with Crippen LogP contribution < -0.4 is 20.1 Å². The second-order valence-corrected chi connectivity index (χ2v) is 8.07. The van der Waals surface area contributed by atoms with E-state index in [0.29, 0.717) is 6.61 Å². The molecule has 1 heterocycles. The van der Waals surface area contributed by atoms with Crippen molar-refractivity contribution in [2.24, 2.45) is 11.3 Å². The Morgan fingerprint density at radius 1 is 1.30 bits per heavy atom. The van der Waals surface area contributed by atoms with E-state index in [1.54, 1.807) is 7.11 Å². The maximum absolute atomic E-state index is 12.7. The summed E-state index contributed by atoms with van der Waals surface area (Å²) in [7, 11) is 1.66. The first-order valence-electron chi connectivity index (χ1n) is 10.4. The predicted molar refractivity (Wildman–Crippen MR) is 107 cm³/mol. The largest absolute Gasteiger partial charge is 0.493 e. The number of nitrogens with one attached hydrogen (secondary N) is 2. The molecule has 5 heteroatoms. The van der Waals surface area contributed by atoms with E-state index in [1.165, 1.54) is 12.8 Å². The second-order valence-electron chi connectivity index (χ2n) is 8.07. The summed E-state index contributed by atoms with van der Waals surface area (Å²) in [5.41, 5.74) is 1.31. The molecule has 1 saturated carbocycles. The summed E-state index contributed by atoms with van der Waals surface area (Å²) in [6.07, 6.45) is 6.68. The van der Waals surface area contributed by atoms with E-state index in [2.05, 4.69) is 17.6 Å². The molecule has 1 spiro atoms. The topological polar surface area (TPSA) is 59.6 Å². The van der Waals surface area contributed by atoms with Crippen molar-refractivity contribution in [3.63, 3.8) is 0 Å². The Morgan fingerprint density at radius 2 is 2.07 bits per heavy atom. The normalized spacial score (nSPS) is 21.5. The molecule has 5 nitrogen and oxygen atoms in total. The Hall–Kier alpha value is -1.75. The molecule has 1 aromatic carbocycles. The minimum atomic E-state index is -0.0418. The molecule has 2 unspecified atom stereocenters. The highest BCUT2D eigenvalue weighted by atomic mass is 16.5. The van der Waals surface area contributed by atoms with Crippen molar-refractivity contribution >= 4 is 5.91 Å². The summed E-state index contributed by atoms with van der Waals surface area (Å²) in [4.78, 5) is 12.7. The zero-order valence-corrected chi connectivity index (χ0v) is 17.0. The van der Waals surface area contributed by atoms with Crippen LogP contribution in [0.1, 0.15) is 64.0 Å². The number of hydrogen-bond acceptors (Lipinski definition) is 4. The van der Waals surface area contributed by atoms with Gasteiger partial charge in [0.1, 0.15) is 0 Å². The van der Waals surface area contributed by atoms with Crippen LogP contribution >= 0.6 is 0 Å². The molecular formula is C22H34N2O3. The van der Waals surface area contributed by atoms with Crippen LogP contribution in [0.15, 0.2) is 18.2 Å². The average Bonchev–Trinajstić information content (AvgIpc) is 3.38. The number of ether oxygens (including phenoxy) is 2. The van der Waals surface area contributed by atoms with Crippen LogP contribution in [0, 0.1) is 11.3 Å². The third-order valence-corrected chi connectivity index (χ3v) is 6.16. The Balaban J connectivity index is 1.56. The molecule has 0 radical (unpaired) electrons. The molecule has 1 aliphatic carbocycles. The van der Waals surface area contributed by atoms with Gasteiger partial charge in [-0.1, -0.05) is 25.8 Å². The minimum Gasteiger partial charge on any atom is -0.493 e. The summed E-state index contributed by atoms with van der Waals surface area (Å²) in [5, 5.41) is 6.59. The lowest BCUT2D eigenvalue weighted by molar-refractivity contribution is -0.123. The summed E-state index contributed by atoms with van der Waals surface area (Å²) in [5.74, 6) is 1.88. The highest BCUT2D eigenvalue weighted by molar-refractivity contribution is 5.83. The van der Waals surface area contributed by atoms with Crippen molar-refractivity contribution in [1.82, 2.24) is 10.6 Å². The van der Waals surface area contributed by atoms with Crippen LogP contribution in [0.3, 0.4) is 0 Å². The van der Waals surface area contributed by atoms with Gasteiger partial charge in [0.05, 0.1) is 19.8 Å². The van der Waals surface area contributed by atoms with Crippen molar-refractivity contribution in [3.8, 4) is 11.5 Å². The number of methoxy groups -OCH3 is 1. The van der Waals surface area contributed by atoms with E-state index in [-0.39, 0.29) is 23.3 Å². The van der Waals surface area contributed by atoms with Crippen LogP contribution in [0.2, 0.25) is 0 Å². The molecule has 0 aromatic heterocycles. The molecule has 1 saturated heterocycles. The fourth-order valence-electron chi connectivity index (χ4n) is 4.20. The van der Waals surface area contributed by atoms with Gasteiger partial charge in [0.2, 0.25) is 5.91 Å². The Kier molecular flexibility index (Phi) is 6.64. The number of carbonyl (C=O) groups excluding carboxylic acids is 1. The number of carbonyl (C=O) groups is 1. The van der Waals surface area contributed by atoms with Crippen molar-refractivity contribution in [1.29, 1.82) is 0 Å². The first kappa shape index (κ1) is 20.0. The maximum Gasteiger partial charge on any atom is 0.224 e. The lowest BCUT2D eigenvalue weighted by Crippen LogP contribution is -2.34. The van der Waals surface area contributed by atoms with E-state index in [0.717, 1.165) is 55.8 Å². The number of piperidine rings is 1. The number of hydrogen-bond donors (Lipinski definition) is 2. The first-order valence-corrected chi connectivity index (χ1v) is 10.4. The average molecular weight is 375 g/mol. The van der Waals surface area contributed by atoms with Gasteiger partial charge in [0.25, 0.3) is 0 Å². The molecule has 2 aliphatic rings. The van der Waals surface area contributed by atoms with Gasteiger partial charge in [-0.15, -0.1) is 0 Å². The first-order chi connectivity index (χ1) is 13.1. The van der Waals surface area contributed by atoms with E-state index in [1.807, 2.05) is 25.1 Å². The van der Waals surface area contributed by atoms with Gasteiger partial charge in [-0.05, 0) is 68.8 Å². The van der Waals surface area contributed by atoms with E-state index < -0.39 is 0 Å². The molecule has 1 aromatic rings. The zero-order chi connectivity index (χ0) is 19.3. The van der Waals surface area contributed by atoms with Crippen molar-refractivity contribution in [2.75, 3.05) is 26.8 Å². The van der Waals surface area contributed by atoms with Crippen molar-refractivity contribution < 1.29 is 14.3 Å². The standard InChI is InChI=1S/C22H34N2O3/c1-4-5-6-13-27-19-8-7-17(14-20(19)26-3)16(2)24-21(25)18-15-22(18)9-11-23-12-10-22/h7-8,14,16,18,23H,4-6,9-13,15H2,1-3H3,(H,24,25). The number of amides is 1. The molecule has 2 atom stereocenters. The van der Waals surface area contributed by atoms with Gasteiger partial charge in [-0.2, -0.15) is 0 Å². The number of benzene rings is 1. The fourth-order valence-corrected chi connectivity index (χ4v) is 4.20. The lowest BCUT2D eigenvalue weighted by atomic mass is 9.91. The Labute approximate surface area is 163 Å².